The lowest BCUT2D eigenvalue weighted by molar-refractivity contribution is 0.835. The number of halogens is 1. The van der Waals surface area contributed by atoms with Crippen LogP contribution in [0.5, 0.6) is 0 Å². The monoisotopic (exact) mass is 203 g/mol. The zero-order valence-corrected chi connectivity index (χ0v) is 7.73. The van der Waals surface area contributed by atoms with E-state index in [1.54, 1.807) is 18.3 Å². The van der Waals surface area contributed by atoms with Crippen molar-refractivity contribution in [1.29, 1.82) is 5.26 Å². The topological polar surface area (TPSA) is 54.5 Å². The largest absolute Gasteiger partial charge is 0.236 e. The molecule has 0 unspecified atom stereocenters. The fraction of sp³-hybridized carbons (Fsp3) is 0. The smallest absolute Gasteiger partial charge is 0.172 e. The van der Waals surface area contributed by atoms with Crippen molar-refractivity contribution >= 4 is 11.6 Å². The third-order valence-electron chi connectivity index (χ3n) is 1.59. The molecular weight excluding hydrogens is 200 g/mol. The number of nitrogens with zero attached hydrogens (tertiary/aromatic N) is 4. The highest BCUT2D eigenvalue weighted by Crippen LogP contribution is 2.15. The molecule has 0 bridgehead atoms. The SMILES string of the molecule is N#Cc1c[c]n(-c2ncccc2Cl)n1. The standard InChI is InChI=1S/C9H4ClN4/c10-8-2-1-4-12-9(8)14-5-3-7(6-11)13-14/h1-4H. The van der Waals surface area contributed by atoms with Gasteiger partial charge in [-0.15, -0.1) is 0 Å². The molecule has 0 aliphatic heterocycles. The minimum absolute atomic E-state index is 0.284. The Hall–Kier alpha value is -1.86. The fourth-order valence-corrected chi connectivity index (χ4v) is 1.19. The minimum Gasteiger partial charge on any atom is -0.236 e. The van der Waals surface area contributed by atoms with E-state index < -0.39 is 0 Å². The van der Waals surface area contributed by atoms with Crippen molar-refractivity contribution in [2.45, 2.75) is 0 Å². The number of nitriles is 1. The average molecular weight is 204 g/mol. The normalized spacial score (nSPS) is 9.71. The summed E-state index contributed by atoms with van der Waals surface area (Å²) in [5, 5.41) is 12.9. The molecule has 0 fully saturated rings. The van der Waals surface area contributed by atoms with Crippen molar-refractivity contribution in [1.82, 2.24) is 14.8 Å². The molecule has 0 aliphatic rings. The molecule has 1 radical (unpaired) electrons. The van der Waals surface area contributed by atoms with Gasteiger partial charge in [0.15, 0.2) is 11.5 Å². The maximum absolute atomic E-state index is 8.57. The lowest BCUT2D eigenvalue weighted by Gasteiger charge is -2.00. The number of pyridine rings is 1. The Morgan fingerprint density at radius 2 is 2.43 bits per heavy atom. The Morgan fingerprint density at radius 1 is 1.57 bits per heavy atom. The molecule has 5 heteroatoms. The lowest BCUT2D eigenvalue weighted by Crippen LogP contribution is -1.99. The molecule has 0 spiro atoms. The van der Waals surface area contributed by atoms with E-state index in [4.69, 9.17) is 16.9 Å². The Balaban J connectivity index is 2.51. The van der Waals surface area contributed by atoms with Gasteiger partial charge in [-0.25, -0.2) is 9.67 Å². The molecular formula is C9H4ClN4. The van der Waals surface area contributed by atoms with Gasteiger partial charge in [0, 0.05) is 12.3 Å². The summed E-state index contributed by atoms with van der Waals surface area (Å²) in [5.74, 6) is 0.468. The summed E-state index contributed by atoms with van der Waals surface area (Å²) in [6.07, 6.45) is 4.35. The lowest BCUT2D eigenvalue weighted by atomic mass is 10.4. The second kappa shape index (κ2) is 3.48. The summed E-state index contributed by atoms with van der Waals surface area (Å²) < 4.78 is 1.35. The average Bonchev–Trinajstić information content (AvgIpc) is 2.67. The van der Waals surface area contributed by atoms with Crippen molar-refractivity contribution in [2.24, 2.45) is 0 Å². The van der Waals surface area contributed by atoms with E-state index in [0.717, 1.165) is 0 Å². The van der Waals surface area contributed by atoms with Crippen LogP contribution in [0, 0.1) is 17.5 Å². The first-order valence-electron chi connectivity index (χ1n) is 3.80. The summed E-state index contributed by atoms with van der Waals surface area (Å²) in [4.78, 5) is 4.02. The molecule has 0 saturated carbocycles. The molecule has 2 aromatic heterocycles. The van der Waals surface area contributed by atoms with Crippen LogP contribution in [0.1, 0.15) is 5.69 Å². The van der Waals surface area contributed by atoms with Gasteiger partial charge in [-0.1, -0.05) is 11.6 Å². The van der Waals surface area contributed by atoms with Gasteiger partial charge in [0.05, 0.1) is 11.2 Å². The third kappa shape index (κ3) is 1.45. The van der Waals surface area contributed by atoms with Gasteiger partial charge >= 0.3 is 0 Å². The van der Waals surface area contributed by atoms with Crippen molar-refractivity contribution in [3.05, 3.63) is 41.3 Å². The zero-order chi connectivity index (χ0) is 9.97. The maximum Gasteiger partial charge on any atom is 0.172 e. The molecule has 4 nitrogen and oxygen atoms in total. The fourth-order valence-electron chi connectivity index (χ4n) is 0.984. The summed E-state index contributed by atoms with van der Waals surface area (Å²) >= 11 is 5.88. The van der Waals surface area contributed by atoms with E-state index in [-0.39, 0.29) is 5.69 Å². The molecule has 0 saturated heterocycles. The number of rotatable bonds is 1. The molecule has 2 heterocycles. The molecule has 0 aliphatic carbocycles. The van der Waals surface area contributed by atoms with E-state index in [0.29, 0.717) is 10.8 Å². The van der Waals surface area contributed by atoms with Crippen LogP contribution < -0.4 is 0 Å². The van der Waals surface area contributed by atoms with Crippen molar-refractivity contribution < 1.29 is 0 Å². The van der Waals surface area contributed by atoms with Crippen LogP contribution in [0.25, 0.3) is 5.82 Å². The van der Waals surface area contributed by atoms with Gasteiger partial charge in [0.1, 0.15) is 6.07 Å². The first-order valence-corrected chi connectivity index (χ1v) is 4.18. The maximum atomic E-state index is 8.57. The Bertz CT molecular complexity index is 498. The van der Waals surface area contributed by atoms with Crippen molar-refractivity contribution in [3.63, 3.8) is 0 Å². The van der Waals surface area contributed by atoms with E-state index in [1.165, 1.54) is 10.7 Å². The van der Waals surface area contributed by atoms with Crippen LogP contribution in [-0.2, 0) is 0 Å². The van der Waals surface area contributed by atoms with Gasteiger partial charge in [0.2, 0.25) is 0 Å². The van der Waals surface area contributed by atoms with Crippen LogP contribution in [0.3, 0.4) is 0 Å². The summed E-state index contributed by atoms with van der Waals surface area (Å²) in [6.45, 7) is 0. The first kappa shape index (κ1) is 8.73. The molecule has 0 atom stereocenters. The Morgan fingerprint density at radius 3 is 3.07 bits per heavy atom. The highest BCUT2D eigenvalue weighted by atomic mass is 35.5. The molecule has 0 amide bonds. The van der Waals surface area contributed by atoms with Crippen LogP contribution in [0.2, 0.25) is 5.02 Å². The van der Waals surface area contributed by atoms with E-state index in [2.05, 4.69) is 16.3 Å². The third-order valence-corrected chi connectivity index (χ3v) is 1.88. The number of aromatic nitrogens is 3. The second-order valence-corrected chi connectivity index (χ2v) is 2.90. The van der Waals surface area contributed by atoms with Crippen LogP contribution in [0.15, 0.2) is 24.4 Å². The summed E-state index contributed by atoms with van der Waals surface area (Å²) in [5.41, 5.74) is 0.284. The molecule has 0 aromatic carbocycles. The number of hydrogen-bond acceptors (Lipinski definition) is 3. The van der Waals surface area contributed by atoms with Gasteiger partial charge in [0.25, 0.3) is 0 Å². The van der Waals surface area contributed by atoms with E-state index in [1.807, 2.05) is 6.07 Å². The Kier molecular flexibility index (Phi) is 2.17. The van der Waals surface area contributed by atoms with Crippen LogP contribution in [-0.4, -0.2) is 14.8 Å². The van der Waals surface area contributed by atoms with Gasteiger partial charge in [-0.3, -0.25) is 0 Å². The predicted octanol–water partition coefficient (Wildman–Crippen LogP) is 1.59. The van der Waals surface area contributed by atoms with Gasteiger partial charge < -0.3 is 0 Å². The predicted molar refractivity (Wildman–Crippen MR) is 49.9 cm³/mol. The van der Waals surface area contributed by atoms with Crippen LogP contribution >= 0.6 is 11.6 Å². The minimum atomic E-state index is 0.284. The van der Waals surface area contributed by atoms with E-state index >= 15 is 0 Å². The van der Waals surface area contributed by atoms with Crippen molar-refractivity contribution in [2.75, 3.05) is 0 Å². The van der Waals surface area contributed by atoms with Gasteiger partial charge in [-0.2, -0.15) is 10.4 Å². The van der Waals surface area contributed by atoms with Crippen LogP contribution in [0.4, 0.5) is 0 Å². The molecule has 14 heavy (non-hydrogen) atoms. The first-order chi connectivity index (χ1) is 6.81. The van der Waals surface area contributed by atoms with Gasteiger partial charge in [-0.05, 0) is 12.1 Å². The zero-order valence-electron chi connectivity index (χ0n) is 6.98. The highest BCUT2D eigenvalue weighted by Gasteiger charge is 2.05. The quantitative estimate of drug-likeness (QED) is 0.707. The molecule has 0 N–H and O–H groups in total. The highest BCUT2D eigenvalue weighted by molar-refractivity contribution is 6.32. The molecule has 2 aromatic rings. The molecule has 67 valence electrons. The second-order valence-electron chi connectivity index (χ2n) is 2.49. The molecule has 2 rings (SSSR count). The summed E-state index contributed by atoms with van der Waals surface area (Å²) in [7, 11) is 0. The van der Waals surface area contributed by atoms with E-state index in [9.17, 15) is 0 Å². The number of hydrogen-bond donors (Lipinski definition) is 0. The summed E-state index contributed by atoms with van der Waals surface area (Å²) in [6, 6.07) is 6.80. The Labute approximate surface area is 85.4 Å². The van der Waals surface area contributed by atoms with Crippen molar-refractivity contribution in [3.8, 4) is 11.9 Å².